The van der Waals surface area contributed by atoms with Gasteiger partial charge in [0.05, 0.1) is 18.6 Å². The number of nitrogens with zero attached hydrogens (tertiary/aromatic N) is 2. The van der Waals surface area contributed by atoms with Gasteiger partial charge in [0.25, 0.3) is 5.56 Å². The lowest BCUT2D eigenvalue weighted by atomic mass is 10.00. The van der Waals surface area contributed by atoms with Crippen molar-refractivity contribution < 1.29 is 0 Å². The largest absolute Gasteiger partial charge is 0.294 e. The van der Waals surface area contributed by atoms with Crippen molar-refractivity contribution in [3.63, 3.8) is 0 Å². The first kappa shape index (κ1) is 14.0. The molecule has 0 bridgehead atoms. The monoisotopic (exact) mass is 320 g/mol. The summed E-state index contributed by atoms with van der Waals surface area (Å²) in [6.07, 6.45) is 1.61. The molecule has 0 aliphatic rings. The van der Waals surface area contributed by atoms with Crippen molar-refractivity contribution in [2.24, 2.45) is 0 Å². The van der Waals surface area contributed by atoms with E-state index in [9.17, 15) is 4.79 Å². The standard InChI is InChI=1S/C15H17BrN2O/c1-9-5-10(2)13(11(3)6-9)7-18-8-17-12(4)14(16)15(18)19/h5-6,8H,7H2,1-4H3. The van der Waals surface area contributed by atoms with Gasteiger partial charge in [-0.2, -0.15) is 0 Å². The van der Waals surface area contributed by atoms with Crippen molar-refractivity contribution >= 4 is 15.9 Å². The summed E-state index contributed by atoms with van der Waals surface area (Å²) in [6.45, 7) is 8.62. The minimum Gasteiger partial charge on any atom is -0.294 e. The van der Waals surface area contributed by atoms with E-state index in [1.165, 1.54) is 22.3 Å². The van der Waals surface area contributed by atoms with Crippen LogP contribution in [0.2, 0.25) is 0 Å². The van der Waals surface area contributed by atoms with Crippen LogP contribution in [0.4, 0.5) is 0 Å². The smallest absolute Gasteiger partial charge is 0.268 e. The summed E-state index contributed by atoms with van der Waals surface area (Å²) in [6, 6.07) is 4.29. The molecular weight excluding hydrogens is 304 g/mol. The van der Waals surface area contributed by atoms with Crippen LogP contribution in [0.25, 0.3) is 0 Å². The van der Waals surface area contributed by atoms with Crippen LogP contribution in [0.15, 0.2) is 27.7 Å². The molecule has 0 N–H and O–H groups in total. The molecule has 0 atom stereocenters. The quantitative estimate of drug-likeness (QED) is 0.851. The Kier molecular flexibility index (Phi) is 3.90. The first-order valence-corrected chi connectivity index (χ1v) is 6.97. The first-order valence-electron chi connectivity index (χ1n) is 6.18. The van der Waals surface area contributed by atoms with Crippen molar-refractivity contribution in [3.8, 4) is 0 Å². The summed E-state index contributed by atoms with van der Waals surface area (Å²) >= 11 is 3.30. The van der Waals surface area contributed by atoms with Gasteiger partial charge in [-0.15, -0.1) is 0 Å². The highest BCUT2D eigenvalue weighted by atomic mass is 79.9. The van der Waals surface area contributed by atoms with E-state index in [1.807, 2.05) is 6.92 Å². The number of aromatic nitrogens is 2. The van der Waals surface area contributed by atoms with Crippen molar-refractivity contribution in [1.82, 2.24) is 9.55 Å². The first-order chi connectivity index (χ1) is 8.90. The van der Waals surface area contributed by atoms with Crippen LogP contribution < -0.4 is 5.56 Å². The molecule has 19 heavy (non-hydrogen) atoms. The summed E-state index contributed by atoms with van der Waals surface area (Å²) in [5, 5.41) is 0. The SMILES string of the molecule is Cc1cc(C)c(Cn2cnc(C)c(Br)c2=O)c(C)c1. The third-order valence-corrected chi connectivity index (χ3v) is 4.24. The Hall–Kier alpha value is -1.42. The second-order valence-corrected chi connectivity index (χ2v) is 5.75. The number of aryl methyl sites for hydroxylation is 4. The molecule has 3 nitrogen and oxygen atoms in total. The molecule has 1 heterocycles. The predicted octanol–water partition coefficient (Wildman–Crippen LogP) is 3.29. The van der Waals surface area contributed by atoms with Crippen LogP contribution in [-0.2, 0) is 6.54 Å². The third kappa shape index (κ3) is 2.78. The Morgan fingerprint density at radius 2 is 1.74 bits per heavy atom. The van der Waals surface area contributed by atoms with Gasteiger partial charge in [-0.3, -0.25) is 9.36 Å². The highest BCUT2D eigenvalue weighted by molar-refractivity contribution is 9.10. The normalized spacial score (nSPS) is 10.8. The highest BCUT2D eigenvalue weighted by Crippen LogP contribution is 2.17. The Labute approximate surface area is 121 Å². The van der Waals surface area contributed by atoms with E-state index in [4.69, 9.17) is 0 Å². The third-order valence-electron chi connectivity index (χ3n) is 3.33. The van der Waals surface area contributed by atoms with Crippen LogP contribution in [0.1, 0.15) is 27.9 Å². The van der Waals surface area contributed by atoms with E-state index >= 15 is 0 Å². The summed E-state index contributed by atoms with van der Waals surface area (Å²) in [7, 11) is 0. The van der Waals surface area contributed by atoms with Crippen LogP contribution in [0.3, 0.4) is 0 Å². The molecule has 2 rings (SSSR count). The molecule has 0 radical (unpaired) electrons. The number of benzene rings is 1. The van der Waals surface area contributed by atoms with Gasteiger partial charge >= 0.3 is 0 Å². The molecule has 0 aliphatic carbocycles. The summed E-state index contributed by atoms with van der Waals surface area (Å²) in [4.78, 5) is 16.4. The van der Waals surface area contributed by atoms with Crippen molar-refractivity contribution in [2.45, 2.75) is 34.2 Å². The molecule has 4 heteroatoms. The van der Waals surface area contributed by atoms with E-state index < -0.39 is 0 Å². The minimum absolute atomic E-state index is 0.0353. The topological polar surface area (TPSA) is 34.9 Å². The molecule has 1 aromatic carbocycles. The van der Waals surface area contributed by atoms with Crippen LogP contribution in [0, 0.1) is 27.7 Å². The van der Waals surface area contributed by atoms with Crippen molar-refractivity contribution in [1.29, 1.82) is 0 Å². The Morgan fingerprint density at radius 1 is 1.16 bits per heavy atom. The fraction of sp³-hybridized carbons (Fsp3) is 0.333. The maximum atomic E-state index is 12.2. The van der Waals surface area contributed by atoms with E-state index in [0.29, 0.717) is 11.0 Å². The minimum atomic E-state index is -0.0353. The zero-order chi connectivity index (χ0) is 14.2. The lowest BCUT2D eigenvalue weighted by molar-refractivity contribution is 0.717. The van der Waals surface area contributed by atoms with Crippen molar-refractivity contribution in [2.75, 3.05) is 0 Å². The zero-order valence-electron chi connectivity index (χ0n) is 11.6. The summed E-state index contributed by atoms with van der Waals surface area (Å²) < 4.78 is 2.18. The summed E-state index contributed by atoms with van der Waals surface area (Å²) in [5.74, 6) is 0. The molecule has 0 saturated carbocycles. The molecular formula is C15H17BrN2O. The molecule has 0 spiro atoms. The zero-order valence-corrected chi connectivity index (χ0v) is 13.2. The lowest BCUT2D eigenvalue weighted by Gasteiger charge is -2.13. The van der Waals surface area contributed by atoms with Gasteiger partial charge in [-0.05, 0) is 60.3 Å². The van der Waals surface area contributed by atoms with Gasteiger partial charge in [0.1, 0.15) is 4.47 Å². The molecule has 0 aliphatic heterocycles. The number of hydrogen-bond donors (Lipinski definition) is 0. The van der Waals surface area contributed by atoms with Crippen molar-refractivity contribution in [3.05, 3.63) is 61.2 Å². The fourth-order valence-electron chi connectivity index (χ4n) is 2.29. The second-order valence-electron chi connectivity index (χ2n) is 4.95. The number of hydrogen-bond acceptors (Lipinski definition) is 2. The van der Waals surface area contributed by atoms with Gasteiger partial charge in [0.15, 0.2) is 0 Å². The van der Waals surface area contributed by atoms with E-state index in [1.54, 1.807) is 10.9 Å². The average Bonchev–Trinajstić information content (AvgIpc) is 2.33. The molecule has 0 unspecified atom stereocenters. The maximum Gasteiger partial charge on any atom is 0.268 e. The Bertz CT molecular complexity index is 666. The maximum absolute atomic E-state index is 12.2. The van der Waals surface area contributed by atoms with Crippen LogP contribution >= 0.6 is 15.9 Å². The molecule has 0 fully saturated rings. The van der Waals surface area contributed by atoms with Gasteiger partial charge in [-0.1, -0.05) is 17.7 Å². The average molecular weight is 321 g/mol. The predicted molar refractivity (Wildman–Crippen MR) is 80.7 cm³/mol. The fourth-order valence-corrected chi connectivity index (χ4v) is 2.62. The van der Waals surface area contributed by atoms with Gasteiger partial charge in [0, 0.05) is 0 Å². The Morgan fingerprint density at radius 3 is 2.32 bits per heavy atom. The number of rotatable bonds is 2. The van der Waals surface area contributed by atoms with Crippen LogP contribution in [0.5, 0.6) is 0 Å². The number of halogens is 1. The van der Waals surface area contributed by atoms with E-state index in [-0.39, 0.29) is 5.56 Å². The van der Waals surface area contributed by atoms with E-state index in [0.717, 1.165) is 5.69 Å². The van der Waals surface area contributed by atoms with E-state index in [2.05, 4.69) is 53.8 Å². The molecule has 0 amide bonds. The lowest BCUT2D eigenvalue weighted by Crippen LogP contribution is -2.23. The molecule has 2 aromatic rings. The summed E-state index contributed by atoms with van der Waals surface area (Å²) in [5.41, 5.74) is 5.53. The second kappa shape index (κ2) is 5.29. The van der Waals surface area contributed by atoms with Gasteiger partial charge in [-0.25, -0.2) is 4.98 Å². The molecule has 0 saturated heterocycles. The highest BCUT2D eigenvalue weighted by Gasteiger charge is 2.09. The Balaban J connectivity index is 2.48. The molecule has 1 aromatic heterocycles. The van der Waals surface area contributed by atoms with Gasteiger partial charge in [0.2, 0.25) is 0 Å². The van der Waals surface area contributed by atoms with Gasteiger partial charge < -0.3 is 0 Å². The van der Waals surface area contributed by atoms with Crippen LogP contribution in [-0.4, -0.2) is 9.55 Å². The molecule has 100 valence electrons.